The van der Waals surface area contributed by atoms with Crippen molar-refractivity contribution >= 4 is 21.6 Å². The second-order valence-corrected chi connectivity index (χ2v) is 9.00. The molecule has 2 aromatic rings. The summed E-state index contributed by atoms with van der Waals surface area (Å²) in [5.74, 6) is -1.83. The van der Waals surface area contributed by atoms with Crippen molar-refractivity contribution in [1.82, 2.24) is 9.21 Å². The second kappa shape index (κ2) is 10.0. The first kappa shape index (κ1) is 23.5. The van der Waals surface area contributed by atoms with E-state index in [1.165, 1.54) is 33.5 Å². The number of sulfonamides is 1. The van der Waals surface area contributed by atoms with E-state index >= 15 is 0 Å². The number of carbonyl (C=O) groups excluding carboxylic acids is 1. The van der Waals surface area contributed by atoms with Crippen LogP contribution in [0.5, 0.6) is 5.75 Å². The van der Waals surface area contributed by atoms with E-state index in [4.69, 9.17) is 4.74 Å². The number of nitrogens with zero attached hydrogens (tertiary/aromatic N) is 3. The average molecular weight is 469 g/mol. The Bertz CT molecular complexity index is 1100. The van der Waals surface area contributed by atoms with Crippen molar-refractivity contribution in [3.8, 4) is 5.75 Å². The van der Waals surface area contributed by atoms with Gasteiger partial charge < -0.3 is 9.64 Å². The lowest BCUT2D eigenvalue weighted by atomic mass is 10.2. The van der Waals surface area contributed by atoms with Gasteiger partial charge in [0.05, 0.1) is 16.4 Å². The van der Waals surface area contributed by atoms with E-state index in [0.29, 0.717) is 12.5 Å². The van der Waals surface area contributed by atoms with E-state index < -0.39 is 26.6 Å². The molecule has 0 N–H and O–H groups in total. The SMILES string of the molecule is O=C(CCCOc1ccc(F)cc1F)N1CCN(S(=O)(=O)c2cccc([N+](=O)[O-])c2)CC1. The van der Waals surface area contributed by atoms with E-state index in [9.17, 15) is 32.1 Å². The summed E-state index contributed by atoms with van der Waals surface area (Å²) in [6, 6.07) is 7.79. The fraction of sp³-hybridized carbons (Fsp3) is 0.350. The summed E-state index contributed by atoms with van der Waals surface area (Å²) in [4.78, 5) is 24.0. The zero-order chi connectivity index (χ0) is 23.3. The summed E-state index contributed by atoms with van der Waals surface area (Å²) in [7, 11) is -3.92. The molecule has 1 amide bonds. The number of piperazine rings is 1. The molecule has 1 aliphatic heterocycles. The summed E-state index contributed by atoms with van der Waals surface area (Å²) in [6.07, 6.45) is 0.433. The maximum absolute atomic E-state index is 13.5. The Morgan fingerprint density at radius 2 is 1.81 bits per heavy atom. The van der Waals surface area contributed by atoms with Gasteiger partial charge in [-0.2, -0.15) is 4.31 Å². The van der Waals surface area contributed by atoms with Gasteiger partial charge in [0, 0.05) is 50.8 Å². The van der Waals surface area contributed by atoms with Crippen LogP contribution in [0, 0.1) is 21.7 Å². The van der Waals surface area contributed by atoms with Gasteiger partial charge in [0.25, 0.3) is 5.69 Å². The van der Waals surface area contributed by atoms with Gasteiger partial charge in [-0.15, -0.1) is 0 Å². The molecule has 172 valence electrons. The first-order valence-corrected chi connectivity index (χ1v) is 11.2. The molecule has 2 aromatic carbocycles. The highest BCUT2D eigenvalue weighted by Crippen LogP contribution is 2.22. The number of nitro groups is 1. The minimum absolute atomic E-state index is 0.0635. The van der Waals surface area contributed by atoms with E-state index in [0.717, 1.165) is 12.1 Å². The van der Waals surface area contributed by atoms with Gasteiger partial charge in [0.1, 0.15) is 5.82 Å². The number of hydrogen-bond acceptors (Lipinski definition) is 6. The molecule has 3 rings (SSSR count). The molecule has 12 heteroatoms. The Morgan fingerprint density at radius 1 is 1.09 bits per heavy atom. The highest BCUT2D eigenvalue weighted by atomic mass is 32.2. The number of amides is 1. The lowest BCUT2D eigenvalue weighted by Gasteiger charge is -2.34. The first-order chi connectivity index (χ1) is 15.2. The van der Waals surface area contributed by atoms with Gasteiger partial charge in [-0.25, -0.2) is 17.2 Å². The van der Waals surface area contributed by atoms with Crippen molar-refractivity contribution in [2.45, 2.75) is 17.7 Å². The molecule has 1 aliphatic rings. The molecule has 1 fully saturated rings. The van der Waals surface area contributed by atoms with Crippen LogP contribution in [0.1, 0.15) is 12.8 Å². The van der Waals surface area contributed by atoms with Crippen LogP contribution < -0.4 is 4.74 Å². The van der Waals surface area contributed by atoms with Gasteiger partial charge in [-0.05, 0) is 24.6 Å². The molecule has 0 bridgehead atoms. The molecule has 0 radical (unpaired) electrons. The lowest BCUT2D eigenvalue weighted by molar-refractivity contribution is -0.385. The molecule has 1 saturated heterocycles. The summed E-state index contributed by atoms with van der Waals surface area (Å²) in [5, 5.41) is 10.9. The molecule has 1 heterocycles. The van der Waals surface area contributed by atoms with Crippen LogP contribution in [0.15, 0.2) is 47.4 Å². The number of benzene rings is 2. The number of non-ortho nitro benzene ring substituents is 1. The minimum Gasteiger partial charge on any atom is -0.491 e. The standard InChI is InChI=1S/C20H21F2N3O6S/c21-15-6-7-19(18(22)13-15)31-12-2-5-20(26)23-8-10-24(11-9-23)32(29,30)17-4-1-3-16(14-17)25(27)28/h1,3-4,6-7,13-14H,2,5,8-12H2. The largest absolute Gasteiger partial charge is 0.491 e. The van der Waals surface area contributed by atoms with Crippen molar-refractivity contribution in [2.24, 2.45) is 0 Å². The highest BCUT2D eigenvalue weighted by Gasteiger charge is 2.30. The monoisotopic (exact) mass is 469 g/mol. The predicted octanol–water partition coefficient (Wildman–Crippen LogP) is 2.57. The fourth-order valence-electron chi connectivity index (χ4n) is 3.24. The van der Waals surface area contributed by atoms with Crippen LogP contribution in [0.3, 0.4) is 0 Å². The average Bonchev–Trinajstić information content (AvgIpc) is 2.78. The van der Waals surface area contributed by atoms with Gasteiger partial charge in [0.2, 0.25) is 15.9 Å². The molecule has 0 aromatic heterocycles. The van der Waals surface area contributed by atoms with E-state index in [1.807, 2.05) is 0 Å². The molecular formula is C20H21F2N3O6S. The number of ether oxygens (including phenoxy) is 1. The maximum atomic E-state index is 13.5. The normalized spacial score (nSPS) is 14.9. The molecule has 0 unspecified atom stereocenters. The van der Waals surface area contributed by atoms with Crippen LogP contribution in [0.2, 0.25) is 0 Å². The Balaban J connectivity index is 1.48. The Labute approximate surface area is 183 Å². The molecule has 0 aliphatic carbocycles. The molecule has 32 heavy (non-hydrogen) atoms. The summed E-state index contributed by atoms with van der Waals surface area (Å²) < 4.78 is 58.3. The van der Waals surface area contributed by atoms with E-state index in [1.54, 1.807) is 0 Å². The quantitative estimate of drug-likeness (QED) is 0.334. The van der Waals surface area contributed by atoms with Gasteiger partial charge in [-0.3, -0.25) is 14.9 Å². The van der Waals surface area contributed by atoms with Crippen LogP contribution in [-0.4, -0.2) is 61.2 Å². The van der Waals surface area contributed by atoms with Crippen LogP contribution in [0.25, 0.3) is 0 Å². The third kappa shape index (κ3) is 5.56. The van der Waals surface area contributed by atoms with Crippen LogP contribution in [0.4, 0.5) is 14.5 Å². The first-order valence-electron chi connectivity index (χ1n) is 9.79. The number of hydrogen-bond donors (Lipinski definition) is 0. The second-order valence-electron chi connectivity index (χ2n) is 7.07. The van der Waals surface area contributed by atoms with Crippen LogP contribution in [-0.2, 0) is 14.8 Å². The number of halogens is 2. The lowest BCUT2D eigenvalue weighted by Crippen LogP contribution is -2.50. The smallest absolute Gasteiger partial charge is 0.270 e. The van der Waals surface area contributed by atoms with Gasteiger partial charge >= 0.3 is 0 Å². The van der Waals surface area contributed by atoms with Crippen molar-refractivity contribution in [3.63, 3.8) is 0 Å². The molecule has 0 atom stereocenters. The number of rotatable bonds is 8. The maximum Gasteiger partial charge on any atom is 0.270 e. The van der Waals surface area contributed by atoms with Gasteiger partial charge in [0.15, 0.2) is 11.6 Å². The molecule has 9 nitrogen and oxygen atoms in total. The van der Waals surface area contributed by atoms with Crippen molar-refractivity contribution in [2.75, 3.05) is 32.8 Å². The van der Waals surface area contributed by atoms with Crippen molar-refractivity contribution in [3.05, 3.63) is 64.2 Å². The predicted molar refractivity (Wildman–Crippen MR) is 110 cm³/mol. The zero-order valence-electron chi connectivity index (χ0n) is 16.9. The molecule has 0 saturated carbocycles. The van der Waals surface area contributed by atoms with Crippen LogP contribution >= 0.6 is 0 Å². The topological polar surface area (TPSA) is 110 Å². The number of nitro benzene ring substituents is 1. The zero-order valence-corrected chi connectivity index (χ0v) is 17.8. The fourth-order valence-corrected chi connectivity index (χ4v) is 4.70. The minimum atomic E-state index is -3.92. The Kier molecular flexibility index (Phi) is 7.36. The summed E-state index contributed by atoms with van der Waals surface area (Å²) in [6.45, 7) is 0.554. The van der Waals surface area contributed by atoms with E-state index in [2.05, 4.69) is 0 Å². The van der Waals surface area contributed by atoms with Crippen molar-refractivity contribution in [1.29, 1.82) is 0 Å². The van der Waals surface area contributed by atoms with Crippen molar-refractivity contribution < 1.29 is 31.7 Å². The summed E-state index contributed by atoms with van der Waals surface area (Å²) in [5.41, 5.74) is -0.317. The Hall–Kier alpha value is -3.12. The van der Waals surface area contributed by atoms with E-state index in [-0.39, 0.29) is 61.4 Å². The molecule has 0 spiro atoms. The van der Waals surface area contributed by atoms with Gasteiger partial charge in [-0.1, -0.05) is 6.07 Å². The molecular weight excluding hydrogens is 448 g/mol. The summed E-state index contributed by atoms with van der Waals surface area (Å²) >= 11 is 0. The highest BCUT2D eigenvalue weighted by molar-refractivity contribution is 7.89. The third-order valence-corrected chi connectivity index (χ3v) is 6.84. The number of carbonyl (C=O) groups is 1. The Morgan fingerprint density at radius 3 is 2.47 bits per heavy atom. The third-order valence-electron chi connectivity index (χ3n) is 4.94.